The summed E-state index contributed by atoms with van der Waals surface area (Å²) in [6.45, 7) is 5.98. The molecule has 1 aliphatic rings. The predicted molar refractivity (Wildman–Crippen MR) is 110 cm³/mol. The number of aromatic nitrogens is 2. The van der Waals surface area contributed by atoms with Gasteiger partial charge in [0.05, 0.1) is 33.5 Å². The number of aliphatic hydroxyl groups excluding tert-OH is 1. The fourth-order valence-electron chi connectivity index (χ4n) is 3.58. The van der Waals surface area contributed by atoms with Crippen LogP contribution in [0, 0.1) is 0 Å². The molecule has 1 fully saturated rings. The Hall–Kier alpha value is -2.42. The number of hydrogen-bond acceptors (Lipinski definition) is 8. The van der Waals surface area contributed by atoms with Crippen molar-refractivity contribution in [2.45, 2.75) is 38.6 Å². The number of nitrogens with one attached hydrogen (secondary N) is 1. The van der Waals surface area contributed by atoms with E-state index in [9.17, 15) is 5.11 Å². The summed E-state index contributed by atoms with van der Waals surface area (Å²) < 4.78 is 16.7. The molecule has 1 saturated heterocycles. The van der Waals surface area contributed by atoms with Gasteiger partial charge in [-0.3, -0.25) is 4.90 Å². The van der Waals surface area contributed by atoms with Crippen LogP contribution in [0.5, 0.6) is 11.5 Å². The van der Waals surface area contributed by atoms with Crippen molar-refractivity contribution in [2.75, 3.05) is 39.3 Å². The summed E-state index contributed by atoms with van der Waals surface area (Å²) >= 11 is 0. The highest BCUT2D eigenvalue weighted by molar-refractivity contribution is 5.44. The molecule has 3 rings (SSSR count). The first-order valence-corrected chi connectivity index (χ1v) is 9.81. The largest absolute Gasteiger partial charge is 0.493 e. The van der Waals surface area contributed by atoms with E-state index in [4.69, 9.17) is 14.2 Å². The lowest BCUT2D eigenvalue weighted by atomic mass is 9.97. The van der Waals surface area contributed by atoms with Gasteiger partial charge in [-0.15, -0.1) is 0 Å². The quantitative estimate of drug-likeness (QED) is 0.695. The minimum atomic E-state index is -0.329. The molecule has 0 bridgehead atoms. The third-order valence-corrected chi connectivity index (χ3v) is 4.89. The van der Waals surface area contributed by atoms with Crippen LogP contribution in [-0.2, 0) is 11.3 Å². The van der Waals surface area contributed by atoms with Gasteiger partial charge in [0.25, 0.3) is 0 Å². The Morgan fingerprint density at radius 2 is 1.93 bits per heavy atom. The van der Waals surface area contributed by atoms with Crippen LogP contribution in [0.2, 0.25) is 0 Å². The van der Waals surface area contributed by atoms with Crippen LogP contribution in [0.3, 0.4) is 0 Å². The molecular weight excluding hydrogens is 372 g/mol. The SMILES string of the molecule is COc1ccc([C@@H]2[C@@H](CO)OCCN2Cc2cnc(NC(C)C)nc2)cc1OC. The van der Waals surface area contributed by atoms with Crippen LogP contribution in [0.15, 0.2) is 30.6 Å². The Kier molecular flexibility index (Phi) is 7.24. The maximum absolute atomic E-state index is 9.91. The Bertz CT molecular complexity index is 785. The lowest BCUT2D eigenvalue weighted by Gasteiger charge is -2.41. The third-order valence-electron chi connectivity index (χ3n) is 4.89. The first kappa shape index (κ1) is 21.3. The highest BCUT2D eigenvalue weighted by Crippen LogP contribution is 2.36. The zero-order valence-corrected chi connectivity index (χ0v) is 17.5. The summed E-state index contributed by atoms with van der Waals surface area (Å²) in [5.41, 5.74) is 2.00. The van der Waals surface area contributed by atoms with Gasteiger partial charge in [-0.2, -0.15) is 0 Å². The molecular formula is C21H30N4O4. The van der Waals surface area contributed by atoms with Gasteiger partial charge < -0.3 is 24.6 Å². The maximum atomic E-state index is 9.91. The topological polar surface area (TPSA) is 89.0 Å². The normalized spacial score (nSPS) is 19.9. The molecule has 0 aliphatic carbocycles. The van der Waals surface area contributed by atoms with E-state index in [1.54, 1.807) is 14.2 Å². The van der Waals surface area contributed by atoms with Gasteiger partial charge in [0, 0.05) is 37.1 Å². The molecule has 0 unspecified atom stereocenters. The highest BCUT2D eigenvalue weighted by atomic mass is 16.5. The molecule has 2 heterocycles. The molecule has 1 aromatic heterocycles. The summed E-state index contributed by atoms with van der Waals surface area (Å²) in [5.74, 6) is 1.94. The molecule has 0 amide bonds. The second-order valence-corrected chi connectivity index (χ2v) is 7.34. The second kappa shape index (κ2) is 9.87. The Morgan fingerprint density at radius 3 is 2.55 bits per heavy atom. The number of anilines is 1. The molecule has 0 spiro atoms. The van der Waals surface area contributed by atoms with Crippen LogP contribution >= 0.6 is 0 Å². The highest BCUT2D eigenvalue weighted by Gasteiger charge is 2.34. The van der Waals surface area contributed by atoms with Crippen LogP contribution in [0.4, 0.5) is 5.95 Å². The number of ether oxygens (including phenoxy) is 3. The fourth-order valence-corrected chi connectivity index (χ4v) is 3.58. The van der Waals surface area contributed by atoms with Crippen molar-refractivity contribution >= 4 is 5.95 Å². The third kappa shape index (κ3) is 5.14. The van der Waals surface area contributed by atoms with Crippen molar-refractivity contribution in [3.05, 3.63) is 41.7 Å². The lowest BCUT2D eigenvalue weighted by molar-refractivity contribution is -0.0961. The minimum Gasteiger partial charge on any atom is -0.493 e. The van der Waals surface area contributed by atoms with Crippen LogP contribution < -0.4 is 14.8 Å². The van der Waals surface area contributed by atoms with Crippen LogP contribution in [0.1, 0.15) is 31.0 Å². The number of hydrogen-bond donors (Lipinski definition) is 2. The summed E-state index contributed by atoms with van der Waals surface area (Å²) in [6, 6.07) is 5.97. The first-order valence-electron chi connectivity index (χ1n) is 9.81. The van der Waals surface area contributed by atoms with Crippen molar-refractivity contribution in [3.8, 4) is 11.5 Å². The molecule has 8 nitrogen and oxygen atoms in total. The molecule has 0 saturated carbocycles. The molecule has 8 heteroatoms. The molecule has 29 heavy (non-hydrogen) atoms. The maximum Gasteiger partial charge on any atom is 0.222 e. The zero-order valence-electron chi connectivity index (χ0n) is 17.5. The van der Waals surface area contributed by atoms with Crippen molar-refractivity contribution in [1.29, 1.82) is 0 Å². The van der Waals surface area contributed by atoms with E-state index in [1.807, 2.05) is 44.4 Å². The number of benzene rings is 1. The Morgan fingerprint density at radius 1 is 1.21 bits per heavy atom. The van der Waals surface area contributed by atoms with Gasteiger partial charge in [0.2, 0.25) is 5.95 Å². The average Bonchev–Trinajstić information content (AvgIpc) is 2.74. The zero-order chi connectivity index (χ0) is 20.8. The lowest BCUT2D eigenvalue weighted by Crippen LogP contribution is -2.46. The van der Waals surface area contributed by atoms with Crippen molar-refractivity contribution in [1.82, 2.24) is 14.9 Å². The molecule has 0 radical (unpaired) electrons. The van der Waals surface area contributed by atoms with E-state index >= 15 is 0 Å². The number of aliphatic hydroxyl groups is 1. The minimum absolute atomic E-state index is 0.0662. The van der Waals surface area contributed by atoms with Crippen molar-refractivity contribution in [2.24, 2.45) is 0 Å². The van der Waals surface area contributed by atoms with E-state index < -0.39 is 0 Å². The summed E-state index contributed by atoms with van der Waals surface area (Å²) in [5, 5.41) is 13.1. The first-order chi connectivity index (χ1) is 14.0. The Balaban J connectivity index is 1.84. The van der Waals surface area contributed by atoms with Gasteiger partial charge in [0.15, 0.2) is 11.5 Å². The average molecular weight is 402 g/mol. The molecule has 2 atom stereocenters. The van der Waals surface area contributed by atoms with E-state index in [0.29, 0.717) is 30.6 Å². The van der Waals surface area contributed by atoms with Gasteiger partial charge in [-0.1, -0.05) is 6.07 Å². The number of methoxy groups -OCH3 is 2. The summed E-state index contributed by atoms with van der Waals surface area (Å²) in [4.78, 5) is 11.1. The summed E-state index contributed by atoms with van der Waals surface area (Å²) in [7, 11) is 3.23. The standard InChI is InChI=1S/C21H30N4O4/c1-14(2)24-21-22-10-15(11-23-21)12-25-7-8-29-19(13-26)20(25)16-5-6-17(27-3)18(9-16)28-4/h5-6,9-11,14,19-20,26H,7-8,12-13H2,1-4H3,(H,22,23,24)/t19-,20-/m1/s1. The smallest absolute Gasteiger partial charge is 0.222 e. The summed E-state index contributed by atoms with van der Waals surface area (Å²) in [6.07, 6.45) is 3.35. The van der Waals surface area contributed by atoms with Crippen molar-refractivity contribution in [3.63, 3.8) is 0 Å². The molecule has 1 aliphatic heterocycles. The van der Waals surface area contributed by atoms with E-state index in [1.165, 1.54) is 0 Å². The number of morpholine rings is 1. The Labute approximate surface area is 171 Å². The van der Waals surface area contributed by atoms with E-state index in [2.05, 4.69) is 20.2 Å². The van der Waals surface area contributed by atoms with E-state index in [0.717, 1.165) is 17.7 Å². The van der Waals surface area contributed by atoms with Gasteiger partial charge in [-0.25, -0.2) is 9.97 Å². The van der Waals surface area contributed by atoms with E-state index in [-0.39, 0.29) is 24.8 Å². The second-order valence-electron chi connectivity index (χ2n) is 7.34. The molecule has 158 valence electrons. The van der Waals surface area contributed by atoms with Crippen molar-refractivity contribution < 1.29 is 19.3 Å². The molecule has 1 aromatic carbocycles. The number of rotatable bonds is 8. The monoisotopic (exact) mass is 402 g/mol. The van der Waals surface area contributed by atoms with Crippen LogP contribution in [0.25, 0.3) is 0 Å². The number of nitrogens with zero attached hydrogens (tertiary/aromatic N) is 3. The molecule has 2 aromatic rings. The van der Waals surface area contributed by atoms with Gasteiger partial charge >= 0.3 is 0 Å². The van der Waals surface area contributed by atoms with Gasteiger partial charge in [-0.05, 0) is 31.5 Å². The molecule has 2 N–H and O–H groups in total. The fraction of sp³-hybridized carbons (Fsp3) is 0.524. The van der Waals surface area contributed by atoms with Gasteiger partial charge in [0.1, 0.15) is 6.10 Å². The van der Waals surface area contributed by atoms with Crippen LogP contribution in [-0.4, -0.2) is 66.1 Å². The predicted octanol–water partition coefficient (Wildman–Crippen LogP) is 2.25.